The molecule has 4 heterocycles. The monoisotopic (exact) mass is 600 g/mol. The van der Waals surface area contributed by atoms with Gasteiger partial charge in [-0.15, -0.1) is 11.8 Å². The maximum Gasteiger partial charge on any atom is 0.416 e. The van der Waals surface area contributed by atoms with E-state index in [0.29, 0.717) is 16.8 Å². The minimum absolute atomic E-state index is 0.0603. The number of benzene rings is 1. The summed E-state index contributed by atoms with van der Waals surface area (Å²) in [5.41, 5.74) is 3.29. The molecule has 0 bridgehead atoms. The number of pyridine rings is 1. The summed E-state index contributed by atoms with van der Waals surface area (Å²) in [4.78, 5) is 28.5. The third-order valence-electron chi connectivity index (χ3n) is 8.48. The van der Waals surface area contributed by atoms with Gasteiger partial charge in [-0.3, -0.25) is 14.7 Å². The quantitative estimate of drug-likeness (QED) is 0.395. The van der Waals surface area contributed by atoms with E-state index in [4.69, 9.17) is 4.74 Å². The van der Waals surface area contributed by atoms with Gasteiger partial charge in [-0.2, -0.15) is 13.2 Å². The van der Waals surface area contributed by atoms with Crippen LogP contribution in [0.5, 0.6) is 0 Å². The number of nitrogens with one attached hydrogen (secondary N) is 2. The highest BCUT2D eigenvalue weighted by atomic mass is 32.2. The van der Waals surface area contributed by atoms with Crippen LogP contribution in [-0.2, 0) is 22.1 Å². The lowest BCUT2D eigenvalue weighted by atomic mass is 10.1. The lowest BCUT2D eigenvalue weighted by molar-refractivity contribution is -0.137. The van der Waals surface area contributed by atoms with Crippen LogP contribution in [0.3, 0.4) is 0 Å². The van der Waals surface area contributed by atoms with Crippen molar-refractivity contribution in [2.45, 2.75) is 67.8 Å². The summed E-state index contributed by atoms with van der Waals surface area (Å²) < 4.78 is 45.7. The molecule has 0 saturated carbocycles. The van der Waals surface area contributed by atoms with Gasteiger partial charge in [0.2, 0.25) is 5.91 Å². The number of rotatable bonds is 7. The van der Waals surface area contributed by atoms with Crippen LogP contribution in [0.1, 0.15) is 53.3 Å². The number of alkyl halides is 3. The fourth-order valence-corrected chi connectivity index (χ4v) is 8.01. The van der Waals surface area contributed by atoms with Gasteiger partial charge in [-0.25, -0.2) is 9.97 Å². The van der Waals surface area contributed by atoms with Gasteiger partial charge in [0.05, 0.1) is 23.7 Å². The third-order valence-corrected chi connectivity index (χ3v) is 10.1. The molecule has 6 rings (SSSR count). The summed E-state index contributed by atoms with van der Waals surface area (Å²) in [6.07, 6.45) is 3.99. The van der Waals surface area contributed by atoms with Gasteiger partial charge in [-0.1, -0.05) is 0 Å². The molecule has 3 aliphatic rings. The van der Waals surface area contributed by atoms with Crippen LogP contribution >= 0.6 is 11.8 Å². The van der Waals surface area contributed by atoms with Crippen molar-refractivity contribution in [3.8, 4) is 0 Å². The van der Waals surface area contributed by atoms with E-state index in [1.54, 1.807) is 0 Å². The molecule has 2 saturated heterocycles. The number of ether oxygens (including phenoxy) is 1. The number of carbonyl (C=O) groups excluding carboxylic acids is 1. The van der Waals surface area contributed by atoms with E-state index in [1.807, 2.05) is 24.9 Å². The third kappa shape index (κ3) is 6.50. The zero-order valence-electron chi connectivity index (χ0n) is 23.5. The van der Waals surface area contributed by atoms with Gasteiger partial charge in [-0.05, 0) is 74.4 Å². The molecule has 2 aromatic heterocycles. The Morgan fingerprint density at radius 3 is 2.86 bits per heavy atom. The Balaban J connectivity index is 1.15. The molecule has 1 amide bonds. The molecular formula is C30H35F3N6O2S. The molecule has 2 aliphatic heterocycles. The van der Waals surface area contributed by atoms with Crippen molar-refractivity contribution in [2.24, 2.45) is 0 Å². The largest absolute Gasteiger partial charge is 0.416 e. The normalized spacial score (nSPS) is 24.9. The first-order chi connectivity index (χ1) is 20.2. The molecule has 42 heavy (non-hydrogen) atoms. The second-order valence-electron chi connectivity index (χ2n) is 11.4. The number of hydrogen-bond acceptors (Lipinski definition) is 8. The van der Waals surface area contributed by atoms with Gasteiger partial charge >= 0.3 is 6.18 Å². The van der Waals surface area contributed by atoms with Crippen LogP contribution in [0.25, 0.3) is 10.9 Å². The molecule has 12 heteroatoms. The van der Waals surface area contributed by atoms with Gasteiger partial charge in [0.15, 0.2) is 0 Å². The van der Waals surface area contributed by atoms with Crippen molar-refractivity contribution >= 4 is 34.4 Å². The van der Waals surface area contributed by atoms with Crippen molar-refractivity contribution in [2.75, 3.05) is 38.2 Å². The number of nitrogens with zero attached hydrogens (tertiary/aromatic N) is 4. The van der Waals surface area contributed by atoms with E-state index in [0.717, 1.165) is 76.2 Å². The predicted octanol–water partition coefficient (Wildman–Crippen LogP) is 4.92. The maximum atomic E-state index is 13.3. The fourth-order valence-electron chi connectivity index (χ4n) is 6.35. The van der Waals surface area contributed by atoms with Crippen molar-refractivity contribution in [1.82, 2.24) is 25.2 Å². The standard InChI is InChI=1S/C30H35F3N6O2S/c1-18-11-19-4-7-26(23(19)13-34-18)42-27-16-39(21-3-2-9-41-10-8-21)15-25(27)38-28(40)14-35-29-22-12-20(30(31,32)33)5-6-24(22)36-17-37-29/h5-6,11-13,17,21,25-27H,2-4,7-10,14-16H2,1H3,(H,38,40)(H,35,36,37)/t21?,25?,26?,27-/m0/s1. The second-order valence-corrected chi connectivity index (χ2v) is 12.8. The van der Waals surface area contributed by atoms with E-state index in [-0.39, 0.29) is 34.9 Å². The van der Waals surface area contributed by atoms with Crippen LogP contribution in [0.4, 0.5) is 19.0 Å². The topological polar surface area (TPSA) is 92.3 Å². The lowest BCUT2D eigenvalue weighted by Gasteiger charge is -2.26. The highest BCUT2D eigenvalue weighted by Crippen LogP contribution is 2.45. The number of carbonyl (C=O) groups is 1. The second kappa shape index (κ2) is 12.3. The Hall–Kier alpha value is -2.96. The summed E-state index contributed by atoms with van der Waals surface area (Å²) in [5.74, 6) is -0.0245. The average molecular weight is 601 g/mol. The smallest absolute Gasteiger partial charge is 0.381 e. The number of amides is 1. The molecule has 2 fully saturated rings. The van der Waals surface area contributed by atoms with Crippen molar-refractivity contribution in [1.29, 1.82) is 0 Å². The SMILES string of the molecule is Cc1cc2c(cn1)C(S[C@H]1CN(C3CCCOCC3)CC1NC(=O)CNc1ncnc3ccc(C(F)(F)F)cc13)CC2. The molecule has 1 aromatic carbocycles. The first-order valence-electron chi connectivity index (χ1n) is 14.5. The molecule has 4 atom stereocenters. The first-order valence-corrected chi connectivity index (χ1v) is 15.5. The van der Waals surface area contributed by atoms with Gasteiger partial charge in [0.1, 0.15) is 12.1 Å². The van der Waals surface area contributed by atoms with Crippen LogP contribution in [0.15, 0.2) is 36.8 Å². The molecule has 1 aliphatic carbocycles. The molecule has 0 spiro atoms. The number of fused-ring (bicyclic) bond motifs is 2. The Labute approximate surface area is 247 Å². The number of halogens is 3. The number of anilines is 1. The zero-order valence-corrected chi connectivity index (χ0v) is 24.3. The van der Waals surface area contributed by atoms with E-state index in [2.05, 4.69) is 36.6 Å². The Morgan fingerprint density at radius 2 is 2.00 bits per heavy atom. The molecule has 3 aromatic rings. The molecule has 0 radical (unpaired) electrons. The lowest BCUT2D eigenvalue weighted by Crippen LogP contribution is -2.44. The van der Waals surface area contributed by atoms with Crippen molar-refractivity contribution in [3.63, 3.8) is 0 Å². The molecule has 3 unspecified atom stereocenters. The number of likely N-dealkylation sites (tertiary alicyclic amines) is 1. The summed E-state index contributed by atoms with van der Waals surface area (Å²) >= 11 is 1.93. The van der Waals surface area contributed by atoms with Crippen molar-refractivity contribution < 1.29 is 22.7 Å². The molecule has 2 N–H and O–H groups in total. The molecular weight excluding hydrogens is 565 g/mol. The molecule has 8 nitrogen and oxygen atoms in total. The van der Waals surface area contributed by atoms with Crippen LogP contribution in [-0.4, -0.2) is 75.9 Å². The van der Waals surface area contributed by atoms with Gasteiger partial charge in [0.25, 0.3) is 0 Å². The highest BCUT2D eigenvalue weighted by molar-refractivity contribution is 8.00. The molecule has 224 valence electrons. The fraction of sp³-hybridized carbons (Fsp3) is 0.533. The summed E-state index contributed by atoms with van der Waals surface area (Å²) in [6, 6.07) is 5.87. The predicted molar refractivity (Wildman–Crippen MR) is 156 cm³/mol. The Bertz CT molecular complexity index is 1430. The van der Waals surface area contributed by atoms with Crippen molar-refractivity contribution in [3.05, 3.63) is 59.2 Å². The van der Waals surface area contributed by atoms with E-state index < -0.39 is 11.7 Å². The number of aromatic nitrogens is 3. The highest BCUT2D eigenvalue weighted by Gasteiger charge is 2.40. The van der Waals surface area contributed by atoms with E-state index >= 15 is 0 Å². The Kier molecular flexibility index (Phi) is 8.56. The van der Waals surface area contributed by atoms with Gasteiger partial charge < -0.3 is 15.4 Å². The van der Waals surface area contributed by atoms with Gasteiger partial charge in [0, 0.05) is 60.1 Å². The van der Waals surface area contributed by atoms with Crippen LogP contribution < -0.4 is 10.6 Å². The maximum absolute atomic E-state index is 13.3. The van der Waals surface area contributed by atoms with E-state index in [1.165, 1.54) is 23.5 Å². The van der Waals surface area contributed by atoms with E-state index in [9.17, 15) is 18.0 Å². The number of thioether (sulfide) groups is 1. The average Bonchev–Trinajstić information content (AvgIpc) is 3.42. The van der Waals surface area contributed by atoms with Crippen LogP contribution in [0.2, 0.25) is 0 Å². The minimum Gasteiger partial charge on any atom is -0.381 e. The number of hydrogen-bond donors (Lipinski definition) is 2. The number of aryl methyl sites for hydroxylation is 2. The zero-order chi connectivity index (χ0) is 29.3. The summed E-state index contributed by atoms with van der Waals surface area (Å²) in [6.45, 7) is 5.10. The van der Waals surface area contributed by atoms with Crippen LogP contribution in [0, 0.1) is 6.92 Å². The minimum atomic E-state index is -4.49. The first kappa shape index (κ1) is 29.1. The summed E-state index contributed by atoms with van der Waals surface area (Å²) in [5, 5.41) is 6.95. The summed E-state index contributed by atoms with van der Waals surface area (Å²) in [7, 11) is 0. The Morgan fingerprint density at radius 1 is 1.12 bits per heavy atom.